The van der Waals surface area contributed by atoms with Gasteiger partial charge in [0, 0.05) is 29.9 Å². The second-order valence-electron chi connectivity index (χ2n) is 7.21. The van der Waals surface area contributed by atoms with Crippen LogP contribution in [0, 0.1) is 6.92 Å². The molecule has 0 radical (unpaired) electrons. The summed E-state index contributed by atoms with van der Waals surface area (Å²) in [5, 5.41) is 7.52. The molecule has 8 nitrogen and oxygen atoms in total. The van der Waals surface area contributed by atoms with Gasteiger partial charge in [-0.3, -0.25) is 9.59 Å². The van der Waals surface area contributed by atoms with Gasteiger partial charge in [-0.25, -0.2) is 14.6 Å². The zero-order chi connectivity index (χ0) is 21.4. The fraction of sp³-hybridized carbons (Fsp3) is 0.286. The Labute approximate surface area is 178 Å². The zero-order valence-corrected chi connectivity index (χ0v) is 17.6. The highest BCUT2D eigenvalue weighted by atomic mass is 35.5. The van der Waals surface area contributed by atoms with Gasteiger partial charge in [0.05, 0.1) is 30.0 Å². The number of hydrogen-bond acceptors (Lipinski definition) is 5. The summed E-state index contributed by atoms with van der Waals surface area (Å²) in [4.78, 5) is 35.4. The summed E-state index contributed by atoms with van der Waals surface area (Å²) >= 11 is 5.96. The highest BCUT2D eigenvalue weighted by molar-refractivity contribution is 6.30. The van der Waals surface area contributed by atoms with Crippen LogP contribution < -0.4 is 5.32 Å². The summed E-state index contributed by atoms with van der Waals surface area (Å²) in [6.45, 7) is 6.05. The van der Waals surface area contributed by atoms with Gasteiger partial charge in [-0.05, 0) is 37.1 Å². The number of rotatable bonds is 5. The van der Waals surface area contributed by atoms with E-state index in [1.54, 1.807) is 47.4 Å². The summed E-state index contributed by atoms with van der Waals surface area (Å²) in [5.74, 6) is 0.904. The molecule has 1 aliphatic heterocycles. The van der Waals surface area contributed by atoms with E-state index in [9.17, 15) is 9.59 Å². The molecule has 0 fully saturated rings. The van der Waals surface area contributed by atoms with Crippen molar-refractivity contribution in [1.29, 1.82) is 0 Å². The zero-order valence-electron chi connectivity index (χ0n) is 16.9. The second kappa shape index (κ2) is 7.87. The SMILES string of the molecule is CCC(=O)Nc1nccc2c1CN(C(C)c1cnc(-n3cc(Cl)cn3)c(C)c1)C2=O. The third kappa shape index (κ3) is 3.54. The summed E-state index contributed by atoms with van der Waals surface area (Å²) in [6, 6.07) is 3.48. The predicted octanol–water partition coefficient (Wildman–Crippen LogP) is 3.69. The minimum Gasteiger partial charge on any atom is -0.327 e. The number of hydrogen-bond donors (Lipinski definition) is 1. The average Bonchev–Trinajstić information content (AvgIpc) is 3.31. The first-order valence-corrected chi connectivity index (χ1v) is 10.0. The normalized spacial score (nSPS) is 14.0. The molecule has 1 atom stereocenters. The molecule has 3 aromatic heterocycles. The highest BCUT2D eigenvalue weighted by Crippen LogP contribution is 2.34. The van der Waals surface area contributed by atoms with Crippen LogP contribution in [-0.4, -0.2) is 36.5 Å². The van der Waals surface area contributed by atoms with Crippen molar-refractivity contribution in [3.63, 3.8) is 0 Å². The van der Waals surface area contributed by atoms with E-state index in [1.807, 2.05) is 19.9 Å². The average molecular weight is 425 g/mol. The van der Waals surface area contributed by atoms with Gasteiger partial charge in [0.1, 0.15) is 5.82 Å². The van der Waals surface area contributed by atoms with E-state index >= 15 is 0 Å². The van der Waals surface area contributed by atoms with Crippen molar-refractivity contribution in [3.8, 4) is 5.82 Å². The van der Waals surface area contributed by atoms with Gasteiger partial charge in [-0.1, -0.05) is 18.5 Å². The van der Waals surface area contributed by atoms with Crippen LogP contribution in [0.4, 0.5) is 5.82 Å². The molecule has 0 aromatic carbocycles. The Morgan fingerprint density at radius 2 is 2.13 bits per heavy atom. The van der Waals surface area contributed by atoms with Gasteiger partial charge >= 0.3 is 0 Å². The number of amides is 2. The summed E-state index contributed by atoms with van der Waals surface area (Å²) in [7, 11) is 0. The van der Waals surface area contributed by atoms with E-state index in [-0.39, 0.29) is 17.9 Å². The Balaban J connectivity index is 1.60. The van der Waals surface area contributed by atoms with E-state index in [0.29, 0.717) is 35.2 Å². The topological polar surface area (TPSA) is 93.0 Å². The lowest BCUT2D eigenvalue weighted by atomic mass is 10.1. The van der Waals surface area contributed by atoms with Gasteiger partial charge in [0.25, 0.3) is 5.91 Å². The molecule has 1 N–H and O–H groups in total. The Kier molecular flexibility index (Phi) is 5.26. The Hall–Kier alpha value is -3.26. The standard InChI is InChI=1S/C21H21ClN6O2/c1-4-18(29)26-19-17-11-27(21(30)16(17)5-6-23-19)13(3)14-7-12(2)20(24-8-14)28-10-15(22)9-25-28/h5-10,13H,4,11H2,1-3H3,(H,23,26,29). The van der Waals surface area contributed by atoms with Gasteiger partial charge in [0.2, 0.25) is 5.91 Å². The van der Waals surface area contributed by atoms with E-state index in [0.717, 1.165) is 16.7 Å². The third-order valence-corrected chi connectivity index (χ3v) is 5.44. The van der Waals surface area contributed by atoms with Gasteiger partial charge < -0.3 is 10.2 Å². The van der Waals surface area contributed by atoms with Crippen LogP contribution in [0.5, 0.6) is 0 Å². The van der Waals surface area contributed by atoms with Crippen LogP contribution in [0.15, 0.2) is 36.9 Å². The molecule has 0 bridgehead atoms. The lowest BCUT2D eigenvalue weighted by Crippen LogP contribution is -2.27. The van der Waals surface area contributed by atoms with Crippen molar-refractivity contribution in [2.75, 3.05) is 5.32 Å². The number of carbonyl (C=O) groups excluding carboxylic acids is 2. The van der Waals surface area contributed by atoms with Crippen LogP contribution in [0.3, 0.4) is 0 Å². The molecule has 0 aliphatic carbocycles. The number of nitrogens with zero attached hydrogens (tertiary/aromatic N) is 5. The lowest BCUT2D eigenvalue weighted by molar-refractivity contribution is -0.115. The fourth-order valence-corrected chi connectivity index (χ4v) is 3.68. The van der Waals surface area contributed by atoms with Crippen molar-refractivity contribution in [3.05, 3.63) is 64.2 Å². The van der Waals surface area contributed by atoms with Crippen LogP contribution >= 0.6 is 11.6 Å². The molecule has 3 aromatic rings. The summed E-state index contributed by atoms with van der Waals surface area (Å²) < 4.78 is 1.62. The van der Waals surface area contributed by atoms with Crippen LogP contribution in [0.2, 0.25) is 5.02 Å². The Bertz CT molecular complexity index is 1140. The van der Waals surface area contributed by atoms with Crippen molar-refractivity contribution < 1.29 is 9.59 Å². The molecule has 0 saturated carbocycles. The largest absolute Gasteiger partial charge is 0.327 e. The molecule has 1 unspecified atom stereocenters. The maximum absolute atomic E-state index is 13.0. The monoisotopic (exact) mass is 424 g/mol. The maximum atomic E-state index is 13.0. The number of halogens is 1. The van der Waals surface area contributed by atoms with Crippen LogP contribution in [0.1, 0.15) is 53.4 Å². The van der Waals surface area contributed by atoms with Crippen molar-refractivity contribution in [2.24, 2.45) is 0 Å². The Morgan fingerprint density at radius 3 is 2.80 bits per heavy atom. The van der Waals surface area contributed by atoms with Gasteiger partial charge in [0.15, 0.2) is 5.82 Å². The molecule has 30 heavy (non-hydrogen) atoms. The maximum Gasteiger partial charge on any atom is 0.255 e. The quantitative estimate of drug-likeness (QED) is 0.674. The first kappa shape index (κ1) is 20.0. The minimum absolute atomic E-state index is 0.0903. The molecule has 0 spiro atoms. The molecule has 2 amide bonds. The fourth-order valence-electron chi connectivity index (χ4n) is 3.54. The molecule has 154 valence electrons. The molecular weight excluding hydrogens is 404 g/mol. The number of aromatic nitrogens is 4. The summed E-state index contributed by atoms with van der Waals surface area (Å²) in [5.41, 5.74) is 3.13. The third-order valence-electron chi connectivity index (χ3n) is 5.24. The molecule has 0 saturated heterocycles. The number of aryl methyl sites for hydroxylation is 1. The summed E-state index contributed by atoms with van der Waals surface area (Å²) in [6.07, 6.45) is 6.89. The molecule has 9 heteroatoms. The van der Waals surface area contributed by atoms with E-state index in [1.165, 1.54) is 0 Å². The molecule has 4 heterocycles. The first-order chi connectivity index (χ1) is 14.4. The van der Waals surface area contributed by atoms with Crippen LogP contribution in [0.25, 0.3) is 5.82 Å². The molecule has 4 rings (SSSR count). The number of fused-ring (bicyclic) bond motifs is 1. The number of anilines is 1. The minimum atomic E-state index is -0.207. The van der Waals surface area contributed by atoms with E-state index < -0.39 is 0 Å². The van der Waals surface area contributed by atoms with Gasteiger partial charge in [-0.15, -0.1) is 0 Å². The number of pyridine rings is 2. The predicted molar refractivity (Wildman–Crippen MR) is 113 cm³/mol. The first-order valence-electron chi connectivity index (χ1n) is 9.64. The smallest absolute Gasteiger partial charge is 0.255 e. The van der Waals surface area contributed by atoms with Crippen molar-refractivity contribution >= 4 is 29.2 Å². The highest BCUT2D eigenvalue weighted by Gasteiger charge is 2.34. The Morgan fingerprint density at radius 1 is 1.33 bits per heavy atom. The van der Waals surface area contributed by atoms with E-state index in [4.69, 9.17) is 11.6 Å². The second-order valence-corrected chi connectivity index (χ2v) is 7.65. The molecular formula is C21H21ClN6O2. The number of nitrogens with one attached hydrogen (secondary N) is 1. The lowest BCUT2D eigenvalue weighted by Gasteiger charge is -2.25. The van der Waals surface area contributed by atoms with Crippen LogP contribution in [-0.2, 0) is 11.3 Å². The van der Waals surface area contributed by atoms with E-state index in [2.05, 4.69) is 20.4 Å². The molecule has 1 aliphatic rings. The van der Waals surface area contributed by atoms with Gasteiger partial charge in [-0.2, -0.15) is 5.10 Å². The van der Waals surface area contributed by atoms with Crippen molar-refractivity contribution in [1.82, 2.24) is 24.6 Å². The van der Waals surface area contributed by atoms with Crippen molar-refractivity contribution in [2.45, 2.75) is 39.8 Å². The number of carbonyl (C=O) groups is 2.